The molecule has 0 bridgehead atoms. The van der Waals surface area contributed by atoms with Gasteiger partial charge in [-0.3, -0.25) is 0 Å². The Hall–Kier alpha value is -1.69. The van der Waals surface area contributed by atoms with E-state index in [0.29, 0.717) is 11.7 Å². The molecule has 1 aromatic carbocycles. The molecule has 3 nitrogen and oxygen atoms in total. The van der Waals surface area contributed by atoms with E-state index in [1.165, 1.54) is 38.5 Å². The summed E-state index contributed by atoms with van der Waals surface area (Å²) in [5.41, 5.74) is 8.29. The number of piperidine rings is 1. The molecule has 1 saturated carbocycles. The number of nitrogens with two attached hydrogens (primary N) is 1. The first-order valence-corrected chi connectivity index (χ1v) is 7.36. The van der Waals surface area contributed by atoms with Gasteiger partial charge in [-0.05, 0) is 49.8 Å². The van der Waals surface area contributed by atoms with Crippen molar-refractivity contribution in [1.29, 1.82) is 5.26 Å². The summed E-state index contributed by atoms with van der Waals surface area (Å²) in [4.78, 5) is 2.48. The molecule has 3 rings (SSSR count). The summed E-state index contributed by atoms with van der Waals surface area (Å²) in [5.74, 6) is 0.826. The number of hydrogen-bond donors (Lipinski definition) is 1. The van der Waals surface area contributed by atoms with Crippen LogP contribution in [-0.2, 0) is 0 Å². The maximum absolute atomic E-state index is 9.34. The van der Waals surface area contributed by atoms with Gasteiger partial charge in [0.2, 0.25) is 0 Å². The van der Waals surface area contributed by atoms with E-state index in [2.05, 4.69) is 11.0 Å². The molecule has 2 unspecified atom stereocenters. The minimum atomic E-state index is 0.637. The zero-order valence-electron chi connectivity index (χ0n) is 11.3. The number of fused-ring (bicyclic) bond motifs is 1. The number of anilines is 2. The van der Waals surface area contributed by atoms with Crippen molar-refractivity contribution in [1.82, 2.24) is 0 Å². The maximum atomic E-state index is 9.34. The van der Waals surface area contributed by atoms with Gasteiger partial charge in [-0.1, -0.05) is 12.8 Å². The minimum absolute atomic E-state index is 0.637. The van der Waals surface area contributed by atoms with Crippen LogP contribution in [0.1, 0.15) is 44.1 Å². The van der Waals surface area contributed by atoms with E-state index in [9.17, 15) is 5.26 Å². The van der Waals surface area contributed by atoms with Crippen molar-refractivity contribution in [3.63, 3.8) is 0 Å². The van der Waals surface area contributed by atoms with Crippen molar-refractivity contribution >= 4 is 11.4 Å². The predicted molar refractivity (Wildman–Crippen MR) is 77.9 cm³/mol. The lowest BCUT2D eigenvalue weighted by molar-refractivity contribution is 0.244. The van der Waals surface area contributed by atoms with E-state index in [4.69, 9.17) is 5.73 Å². The number of nitrogen functional groups attached to an aromatic ring is 1. The van der Waals surface area contributed by atoms with Gasteiger partial charge in [0, 0.05) is 18.3 Å². The molecule has 0 spiro atoms. The minimum Gasteiger partial charge on any atom is -0.399 e. The molecule has 0 aromatic heterocycles. The molecule has 3 heteroatoms. The highest BCUT2D eigenvalue weighted by Crippen LogP contribution is 2.38. The van der Waals surface area contributed by atoms with Gasteiger partial charge in [0.15, 0.2) is 0 Å². The third kappa shape index (κ3) is 2.28. The summed E-state index contributed by atoms with van der Waals surface area (Å²) in [7, 11) is 0. The molecule has 2 aliphatic rings. The average Bonchev–Trinajstić information content (AvgIpc) is 2.46. The fraction of sp³-hybridized carbons (Fsp3) is 0.562. The van der Waals surface area contributed by atoms with Crippen LogP contribution in [0.5, 0.6) is 0 Å². The van der Waals surface area contributed by atoms with Gasteiger partial charge in [0.25, 0.3) is 0 Å². The van der Waals surface area contributed by atoms with E-state index in [1.807, 2.05) is 18.2 Å². The molecular weight excluding hydrogens is 234 g/mol. The Bertz CT molecular complexity index is 501. The first kappa shape index (κ1) is 12.3. The lowest BCUT2D eigenvalue weighted by Crippen LogP contribution is -2.47. The third-order valence-electron chi connectivity index (χ3n) is 4.69. The van der Waals surface area contributed by atoms with Crippen molar-refractivity contribution in [2.24, 2.45) is 5.92 Å². The van der Waals surface area contributed by atoms with Crippen LogP contribution in [0.2, 0.25) is 0 Å². The van der Waals surface area contributed by atoms with Crippen molar-refractivity contribution in [3.05, 3.63) is 23.8 Å². The molecule has 2 fully saturated rings. The molecule has 1 aliphatic carbocycles. The topological polar surface area (TPSA) is 53.1 Å². The van der Waals surface area contributed by atoms with Crippen LogP contribution >= 0.6 is 0 Å². The SMILES string of the molecule is N#Cc1cc(N)ccc1N1CCCC2CCCCC21. The van der Waals surface area contributed by atoms with Crippen molar-refractivity contribution in [2.45, 2.75) is 44.6 Å². The highest BCUT2D eigenvalue weighted by molar-refractivity contribution is 5.65. The molecule has 19 heavy (non-hydrogen) atoms. The van der Waals surface area contributed by atoms with Gasteiger partial charge in [-0.25, -0.2) is 0 Å². The van der Waals surface area contributed by atoms with Crippen LogP contribution in [0, 0.1) is 17.2 Å². The van der Waals surface area contributed by atoms with Gasteiger partial charge in [0.05, 0.1) is 11.3 Å². The molecule has 1 heterocycles. The van der Waals surface area contributed by atoms with E-state index in [0.717, 1.165) is 23.7 Å². The average molecular weight is 255 g/mol. The van der Waals surface area contributed by atoms with E-state index in [1.54, 1.807) is 0 Å². The quantitative estimate of drug-likeness (QED) is 0.783. The zero-order chi connectivity index (χ0) is 13.2. The summed E-state index contributed by atoms with van der Waals surface area (Å²) >= 11 is 0. The number of nitrogens with zero attached hydrogens (tertiary/aromatic N) is 2. The third-order valence-corrected chi connectivity index (χ3v) is 4.69. The Labute approximate surface area is 115 Å². The largest absolute Gasteiger partial charge is 0.399 e. The molecule has 1 saturated heterocycles. The number of rotatable bonds is 1. The highest BCUT2D eigenvalue weighted by atomic mass is 15.2. The van der Waals surface area contributed by atoms with Crippen molar-refractivity contribution < 1.29 is 0 Å². The van der Waals surface area contributed by atoms with Crippen LogP contribution in [0.25, 0.3) is 0 Å². The Kier molecular flexibility index (Phi) is 3.33. The first-order valence-electron chi connectivity index (χ1n) is 7.36. The Morgan fingerprint density at radius 2 is 1.95 bits per heavy atom. The monoisotopic (exact) mass is 255 g/mol. The lowest BCUT2D eigenvalue weighted by Gasteiger charge is -2.45. The van der Waals surface area contributed by atoms with Crippen molar-refractivity contribution in [2.75, 3.05) is 17.2 Å². The second-order valence-electron chi connectivity index (χ2n) is 5.84. The van der Waals surface area contributed by atoms with E-state index in [-0.39, 0.29) is 0 Å². The molecule has 0 amide bonds. The fourth-order valence-corrected chi connectivity index (χ4v) is 3.82. The maximum Gasteiger partial charge on any atom is 0.101 e. The van der Waals surface area contributed by atoms with Crippen molar-refractivity contribution in [3.8, 4) is 6.07 Å². The molecular formula is C16H21N3. The standard InChI is InChI=1S/C16H21N3/c17-11-13-10-14(18)7-8-16(13)19-9-3-5-12-4-1-2-6-15(12)19/h7-8,10,12,15H,1-6,9,18H2. The van der Waals surface area contributed by atoms with Gasteiger partial charge in [-0.15, -0.1) is 0 Å². The summed E-state index contributed by atoms with van der Waals surface area (Å²) in [6, 6.07) is 8.70. The number of nitriles is 1. The van der Waals surface area contributed by atoms with Gasteiger partial charge < -0.3 is 10.6 Å². The fourth-order valence-electron chi connectivity index (χ4n) is 3.82. The molecule has 1 aliphatic heterocycles. The molecule has 2 atom stereocenters. The molecule has 0 radical (unpaired) electrons. The molecule has 2 N–H and O–H groups in total. The molecule has 100 valence electrons. The van der Waals surface area contributed by atoms with Gasteiger partial charge in [-0.2, -0.15) is 5.26 Å². The molecule has 1 aromatic rings. The van der Waals surface area contributed by atoms with E-state index >= 15 is 0 Å². The lowest BCUT2D eigenvalue weighted by atomic mass is 9.78. The van der Waals surface area contributed by atoms with Crippen LogP contribution in [-0.4, -0.2) is 12.6 Å². The Morgan fingerprint density at radius 3 is 2.79 bits per heavy atom. The van der Waals surface area contributed by atoms with Crippen LogP contribution < -0.4 is 10.6 Å². The smallest absolute Gasteiger partial charge is 0.101 e. The zero-order valence-corrected chi connectivity index (χ0v) is 11.3. The van der Waals surface area contributed by atoms with Crippen LogP contribution in [0.4, 0.5) is 11.4 Å². The summed E-state index contributed by atoms with van der Waals surface area (Å²) in [6.07, 6.45) is 7.95. The van der Waals surface area contributed by atoms with Gasteiger partial charge in [0.1, 0.15) is 6.07 Å². The number of hydrogen-bond acceptors (Lipinski definition) is 3. The normalized spacial score (nSPS) is 26.6. The predicted octanol–water partition coefficient (Wildman–Crippen LogP) is 3.30. The second kappa shape index (κ2) is 5.13. The summed E-state index contributed by atoms with van der Waals surface area (Å²) < 4.78 is 0. The van der Waals surface area contributed by atoms with Crippen LogP contribution in [0.15, 0.2) is 18.2 Å². The van der Waals surface area contributed by atoms with Gasteiger partial charge >= 0.3 is 0 Å². The number of benzene rings is 1. The highest BCUT2D eigenvalue weighted by Gasteiger charge is 2.34. The van der Waals surface area contributed by atoms with Crippen LogP contribution in [0.3, 0.4) is 0 Å². The van der Waals surface area contributed by atoms with E-state index < -0.39 is 0 Å². The second-order valence-corrected chi connectivity index (χ2v) is 5.84. The summed E-state index contributed by atoms with van der Waals surface area (Å²) in [6.45, 7) is 1.08. The first-order chi connectivity index (χ1) is 9.29. The Balaban J connectivity index is 1.94. The Morgan fingerprint density at radius 1 is 1.16 bits per heavy atom. The summed E-state index contributed by atoms with van der Waals surface area (Å²) in [5, 5.41) is 9.34.